The highest BCUT2D eigenvalue weighted by atomic mass is 31.2. The van der Waals surface area contributed by atoms with Crippen LogP contribution < -0.4 is 4.89 Å². The Morgan fingerprint density at radius 1 is 0.518 bits per heavy atom. The van der Waals surface area contributed by atoms with E-state index in [2.05, 4.69) is 0 Å². The molecular formula is C48H84NO6P. The number of quaternary nitrogens is 1. The van der Waals surface area contributed by atoms with Crippen molar-refractivity contribution in [2.24, 2.45) is 82.9 Å². The first-order chi connectivity index (χ1) is 27.2. The van der Waals surface area contributed by atoms with E-state index in [-0.39, 0.29) is 13.2 Å². The molecule has 16 atom stereocenters. The molecule has 322 valence electrons. The molecule has 0 N–H and O–H groups in total. The van der Waals surface area contributed by atoms with Gasteiger partial charge in [0.2, 0.25) is 0 Å². The molecule has 8 fully saturated rings. The summed E-state index contributed by atoms with van der Waals surface area (Å²) in [5.74, 6) is 15.9. The SMILES string of the molecule is C[N+](C)(C)CCOP(=O)([O-])OC[C@@H](COCCCCCCCCC1CCC2C(C1)C1C3CCC3C21)OCCCCCCCCC1CCC2C(C1)C1C3CCC3C21. The summed E-state index contributed by atoms with van der Waals surface area (Å²) >= 11 is 0. The highest BCUT2D eigenvalue weighted by Gasteiger charge is 2.69. The Balaban J connectivity index is 0.636. The van der Waals surface area contributed by atoms with Crippen LogP contribution >= 0.6 is 7.82 Å². The number of rotatable bonds is 28. The van der Waals surface area contributed by atoms with E-state index in [1.165, 1.54) is 119 Å². The Labute approximate surface area is 343 Å². The van der Waals surface area contributed by atoms with Crippen LogP contribution in [0.3, 0.4) is 0 Å². The molecule has 0 saturated heterocycles. The maximum Gasteiger partial charge on any atom is 0.268 e. The van der Waals surface area contributed by atoms with Crippen LogP contribution in [0.5, 0.6) is 0 Å². The fourth-order valence-electron chi connectivity index (χ4n) is 14.8. The number of unbranched alkanes of at least 4 members (excludes halogenated alkanes) is 10. The fraction of sp³-hybridized carbons (Fsp3) is 1.00. The summed E-state index contributed by atoms with van der Waals surface area (Å²) in [5.41, 5.74) is 0. The lowest BCUT2D eigenvalue weighted by Crippen LogP contribution is -2.69. The highest BCUT2D eigenvalue weighted by molar-refractivity contribution is 7.45. The van der Waals surface area contributed by atoms with Crippen molar-refractivity contribution in [3.63, 3.8) is 0 Å². The van der Waals surface area contributed by atoms with Crippen LogP contribution in [-0.2, 0) is 23.1 Å². The van der Waals surface area contributed by atoms with Crippen molar-refractivity contribution in [1.29, 1.82) is 0 Å². The third-order valence-corrected chi connectivity index (χ3v) is 18.9. The monoisotopic (exact) mass is 802 g/mol. The van der Waals surface area contributed by atoms with Crippen LogP contribution in [0.1, 0.15) is 154 Å². The molecule has 0 bridgehead atoms. The van der Waals surface area contributed by atoms with Gasteiger partial charge in [-0.15, -0.1) is 0 Å². The zero-order valence-electron chi connectivity index (χ0n) is 36.2. The van der Waals surface area contributed by atoms with E-state index < -0.39 is 13.9 Å². The summed E-state index contributed by atoms with van der Waals surface area (Å²) in [4.78, 5) is 12.5. The molecule has 7 nitrogen and oxygen atoms in total. The maximum absolute atomic E-state index is 12.5. The summed E-state index contributed by atoms with van der Waals surface area (Å²) in [6.45, 7) is 2.30. The van der Waals surface area contributed by atoms with E-state index in [1.807, 2.05) is 21.1 Å². The molecule has 0 aliphatic heterocycles. The molecule has 0 aromatic carbocycles. The van der Waals surface area contributed by atoms with Crippen LogP contribution in [-0.4, -0.2) is 71.3 Å². The Morgan fingerprint density at radius 3 is 1.45 bits per heavy atom. The second kappa shape index (κ2) is 19.4. The summed E-state index contributed by atoms with van der Waals surface area (Å²) in [6.07, 6.45) is 33.2. The van der Waals surface area contributed by atoms with E-state index in [4.69, 9.17) is 18.5 Å². The van der Waals surface area contributed by atoms with Gasteiger partial charge in [-0.05, 0) is 147 Å². The van der Waals surface area contributed by atoms with E-state index in [9.17, 15) is 9.46 Å². The summed E-state index contributed by atoms with van der Waals surface area (Å²) in [6, 6.07) is 0. The Kier molecular flexibility index (Phi) is 14.8. The number of hydrogen-bond donors (Lipinski definition) is 0. The third kappa shape index (κ3) is 10.0. The van der Waals surface area contributed by atoms with Gasteiger partial charge >= 0.3 is 0 Å². The average molecular weight is 802 g/mol. The van der Waals surface area contributed by atoms with Gasteiger partial charge in [0, 0.05) is 13.2 Å². The summed E-state index contributed by atoms with van der Waals surface area (Å²) in [7, 11) is 1.64. The van der Waals surface area contributed by atoms with Crippen LogP contribution in [0, 0.1) is 82.9 Å². The number of phosphoric acid groups is 1. The molecule has 56 heavy (non-hydrogen) atoms. The van der Waals surface area contributed by atoms with Gasteiger partial charge in [-0.25, -0.2) is 0 Å². The van der Waals surface area contributed by atoms with Gasteiger partial charge in [0.15, 0.2) is 0 Å². The minimum Gasteiger partial charge on any atom is -0.756 e. The van der Waals surface area contributed by atoms with Gasteiger partial charge in [-0.3, -0.25) is 4.57 Å². The van der Waals surface area contributed by atoms with Crippen molar-refractivity contribution in [1.82, 2.24) is 0 Å². The number of nitrogens with zero attached hydrogens (tertiary/aromatic N) is 1. The van der Waals surface area contributed by atoms with E-state index in [0.29, 0.717) is 30.8 Å². The van der Waals surface area contributed by atoms with Crippen LogP contribution in [0.15, 0.2) is 0 Å². The second-order valence-electron chi connectivity index (χ2n) is 22.1. The van der Waals surface area contributed by atoms with Crippen molar-refractivity contribution in [2.45, 2.75) is 160 Å². The zero-order chi connectivity index (χ0) is 38.7. The number of ether oxygens (including phenoxy) is 2. The largest absolute Gasteiger partial charge is 0.756 e. The lowest BCUT2D eigenvalue weighted by Gasteiger charge is -2.74. The predicted octanol–water partition coefficient (Wildman–Crippen LogP) is 10.7. The Bertz CT molecular complexity index is 1260. The molecule has 8 heteroatoms. The molecule has 0 aromatic heterocycles. The van der Waals surface area contributed by atoms with Crippen molar-refractivity contribution < 1.29 is 32.5 Å². The van der Waals surface area contributed by atoms with Crippen molar-refractivity contribution in [3.05, 3.63) is 0 Å². The van der Waals surface area contributed by atoms with Gasteiger partial charge in [0.1, 0.15) is 19.3 Å². The minimum absolute atomic E-state index is 0.0543. The predicted molar refractivity (Wildman–Crippen MR) is 223 cm³/mol. The normalized spacial score (nSPS) is 40.2. The highest BCUT2D eigenvalue weighted by Crippen LogP contribution is 2.75. The zero-order valence-corrected chi connectivity index (χ0v) is 37.1. The van der Waals surface area contributed by atoms with E-state index in [1.54, 1.807) is 51.4 Å². The smallest absolute Gasteiger partial charge is 0.268 e. The maximum atomic E-state index is 12.5. The molecule has 8 rings (SSSR count). The first-order valence-corrected chi connectivity index (χ1v) is 26.2. The van der Waals surface area contributed by atoms with Crippen molar-refractivity contribution in [2.75, 3.05) is 60.7 Å². The Morgan fingerprint density at radius 2 is 0.946 bits per heavy atom. The van der Waals surface area contributed by atoms with Gasteiger partial charge in [-0.1, -0.05) is 89.9 Å². The molecule has 0 amide bonds. The number of hydrogen-bond acceptors (Lipinski definition) is 6. The summed E-state index contributed by atoms with van der Waals surface area (Å²) in [5, 5.41) is 0. The standard InChI is InChI=1S/C48H84NO6P/c1-49(2,3)26-29-54-56(50,51)55-33-36(53-28-15-11-7-5-9-13-17-35-19-21-42-44(31-35)48-40-25-23-38(40)46(42)48)32-52-27-14-10-6-4-8-12-16-34-18-20-41-43(30-34)47-39-24-22-37(39)45(41)47/h34-48H,4-33H2,1-3H3/t34?,35?,36-,37?,38?,39?,40?,41?,42?,43?,44?,45?,46?,47?,48?/m1/s1. The van der Waals surface area contributed by atoms with Gasteiger partial charge in [0.25, 0.3) is 7.82 Å². The summed E-state index contributed by atoms with van der Waals surface area (Å²) < 4.78 is 35.8. The molecular weight excluding hydrogens is 718 g/mol. The number of phosphoric ester groups is 1. The van der Waals surface area contributed by atoms with Gasteiger partial charge in [0.05, 0.1) is 34.4 Å². The number of fused-ring (bicyclic) bond motifs is 14. The lowest BCUT2D eigenvalue weighted by molar-refractivity contribution is -0.870. The van der Waals surface area contributed by atoms with Crippen LogP contribution in [0.4, 0.5) is 0 Å². The van der Waals surface area contributed by atoms with Crippen LogP contribution in [0.2, 0.25) is 0 Å². The van der Waals surface area contributed by atoms with E-state index in [0.717, 1.165) is 66.6 Å². The van der Waals surface area contributed by atoms with Crippen molar-refractivity contribution >= 4 is 7.82 Å². The molecule has 8 aliphatic rings. The van der Waals surface area contributed by atoms with E-state index >= 15 is 0 Å². The topological polar surface area (TPSA) is 77.1 Å². The average Bonchev–Trinajstić information content (AvgIpc) is 3.14. The van der Waals surface area contributed by atoms with Crippen LogP contribution in [0.25, 0.3) is 0 Å². The van der Waals surface area contributed by atoms with Gasteiger partial charge in [-0.2, -0.15) is 0 Å². The minimum atomic E-state index is -4.39. The molecule has 0 heterocycles. The molecule has 15 unspecified atom stereocenters. The lowest BCUT2D eigenvalue weighted by atomic mass is 9.30. The Hall–Kier alpha value is -0.0100. The second-order valence-corrected chi connectivity index (χ2v) is 23.5. The first kappa shape index (κ1) is 42.7. The number of likely N-dealkylation sites (N-methyl/N-ethyl adjacent to an activating group) is 1. The third-order valence-electron chi connectivity index (χ3n) is 18.0. The molecule has 8 aliphatic carbocycles. The van der Waals surface area contributed by atoms with Gasteiger partial charge < -0.3 is 27.9 Å². The molecule has 0 aromatic rings. The molecule has 0 spiro atoms. The molecule has 0 radical (unpaired) electrons. The quantitative estimate of drug-likeness (QED) is 0.0446. The van der Waals surface area contributed by atoms with Crippen molar-refractivity contribution in [3.8, 4) is 0 Å². The molecule has 8 saturated carbocycles. The fourth-order valence-corrected chi connectivity index (χ4v) is 15.6. The first-order valence-electron chi connectivity index (χ1n) is 24.8.